The van der Waals surface area contributed by atoms with Gasteiger partial charge in [-0.2, -0.15) is 0 Å². The number of imide groups is 1. The standard InChI is InChI=1S/C24H29N5O4S/c1-4-28(5-2)19-10-14(3)6-7-17(19)26-24(33)25-12-16-11-15-13-29(23(32)21(15)34-16)18-8-9-20(30)27-22(18)31/h6-7,10-11,18H,4-5,8-9,12-13H2,1-3H3,(H2,25,26,33)(H,27,30,31). The number of hydrogen-bond acceptors (Lipinski definition) is 6. The van der Waals surface area contributed by atoms with E-state index in [9.17, 15) is 19.2 Å². The average Bonchev–Trinajstić information content (AvgIpc) is 3.34. The molecule has 0 saturated carbocycles. The monoisotopic (exact) mass is 483 g/mol. The Bertz CT molecular complexity index is 1140. The summed E-state index contributed by atoms with van der Waals surface area (Å²) in [6, 6.07) is 6.90. The molecule has 180 valence electrons. The second-order valence-corrected chi connectivity index (χ2v) is 9.60. The van der Waals surface area contributed by atoms with Crippen LogP contribution in [0.25, 0.3) is 0 Å². The molecule has 4 rings (SSSR count). The first-order chi connectivity index (χ1) is 16.3. The van der Waals surface area contributed by atoms with Crippen molar-refractivity contribution in [1.82, 2.24) is 15.5 Å². The molecule has 1 unspecified atom stereocenters. The van der Waals surface area contributed by atoms with Gasteiger partial charge in [-0.1, -0.05) is 6.07 Å². The predicted octanol–water partition coefficient (Wildman–Crippen LogP) is 2.99. The molecular weight excluding hydrogens is 454 g/mol. The van der Waals surface area contributed by atoms with E-state index in [1.165, 1.54) is 16.2 Å². The van der Waals surface area contributed by atoms with E-state index in [2.05, 4.69) is 40.8 Å². The van der Waals surface area contributed by atoms with Gasteiger partial charge in [0, 0.05) is 30.9 Å². The summed E-state index contributed by atoms with van der Waals surface area (Å²) in [5.41, 5.74) is 3.70. The minimum Gasteiger partial charge on any atom is -0.370 e. The van der Waals surface area contributed by atoms with Crippen LogP contribution in [-0.2, 0) is 22.7 Å². The summed E-state index contributed by atoms with van der Waals surface area (Å²) in [7, 11) is 0. The lowest BCUT2D eigenvalue weighted by atomic mass is 10.0. The Hall–Kier alpha value is -3.40. The first kappa shape index (κ1) is 23.7. The molecule has 3 heterocycles. The fraction of sp³-hybridized carbons (Fsp3) is 0.417. The number of urea groups is 1. The van der Waals surface area contributed by atoms with Crippen molar-refractivity contribution in [1.29, 1.82) is 0 Å². The third kappa shape index (κ3) is 4.77. The summed E-state index contributed by atoms with van der Waals surface area (Å²) in [5.74, 6) is -0.920. The average molecular weight is 484 g/mol. The lowest BCUT2D eigenvalue weighted by molar-refractivity contribution is -0.136. The van der Waals surface area contributed by atoms with E-state index in [4.69, 9.17) is 0 Å². The summed E-state index contributed by atoms with van der Waals surface area (Å²) in [6.45, 7) is 8.47. The Balaban J connectivity index is 1.37. The number of hydrogen-bond donors (Lipinski definition) is 3. The summed E-state index contributed by atoms with van der Waals surface area (Å²) < 4.78 is 0. The van der Waals surface area contributed by atoms with Crippen molar-refractivity contribution in [2.75, 3.05) is 23.3 Å². The van der Waals surface area contributed by atoms with Crippen LogP contribution < -0.4 is 20.9 Å². The third-order valence-electron chi connectivity index (χ3n) is 6.17. The van der Waals surface area contributed by atoms with Gasteiger partial charge in [-0.15, -0.1) is 11.3 Å². The minimum atomic E-state index is -0.619. The molecule has 1 saturated heterocycles. The smallest absolute Gasteiger partial charge is 0.319 e. The van der Waals surface area contributed by atoms with E-state index >= 15 is 0 Å². The number of nitrogens with zero attached hydrogens (tertiary/aromatic N) is 2. The number of nitrogens with one attached hydrogen (secondary N) is 3. The predicted molar refractivity (Wildman–Crippen MR) is 131 cm³/mol. The number of thiophene rings is 1. The van der Waals surface area contributed by atoms with E-state index in [-0.39, 0.29) is 24.3 Å². The quantitative estimate of drug-likeness (QED) is 0.525. The Labute approximate surface area is 202 Å². The lowest BCUT2D eigenvalue weighted by Gasteiger charge is -2.29. The molecule has 1 aromatic carbocycles. The van der Waals surface area contributed by atoms with Gasteiger partial charge in [0.25, 0.3) is 5.91 Å². The zero-order valence-electron chi connectivity index (χ0n) is 19.6. The highest BCUT2D eigenvalue weighted by atomic mass is 32.1. The van der Waals surface area contributed by atoms with Crippen LogP contribution in [0.15, 0.2) is 24.3 Å². The fourth-order valence-electron chi connectivity index (χ4n) is 4.40. The number of carbonyl (C=O) groups excluding carboxylic acids is 4. The lowest BCUT2D eigenvalue weighted by Crippen LogP contribution is -2.52. The second-order valence-electron chi connectivity index (χ2n) is 8.47. The summed E-state index contributed by atoms with van der Waals surface area (Å²) >= 11 is 1.32. The topological polar surface area (TPSA) is 111 Å². The summed E-state index contributed by atoms with van der Waals surface area (Å²) in [5, 5.41) is 8.11. The molecule has 1 aromatic heterocycles. The van der Waals surface area contributed by atoms with Gasteiger partial charge in [0.2, 0.25) is 11.8 Å². The van der Waals surface area contributed by atoms with E-state index in [0.717, 1.165) is 40.5 Å². The molecule has 2 aliphatic heterocycles. The first-order valence-corrected chi connectivity index (χ1v) is 12.3. The van der Waals surface area contributed by atoms with Gasteiger partial charge in [0.05, 0.1) is 22.8 Å². The maximum atomic E-state index is 12.9. The van der Waals surface area contributed by atoms with Crippen LogP contribution in [0.5, 0.6) is 0 Å². The fourth-order valence-corrected chi connectivity index (χ4v) is 5.46. The van der Waals surface area contributed by atoms with Gasteiger partial charge >= 0.3 is 6.03 Å². The largest absolute Gasteiger partial charge is 0.370 e. The van der Waals surface area contributed by atoms with Crippen molar-refractivity contribution in [3.8, 4) is 0 Å². The molecule has 2 aromatic rings. The first-order valence-electron chi connectivity index (χ1n) is 11.5. The van der Waals surface area contributed by atoms with Crippen LogP contribution in [-0.4, -0.2) is 47.8 Å². The molecule has 2 aliphatic rings. The van der Waals surface area contributed by atoms with Crippen LogP contribution >= 0.6 is 11.3 Å². The highest BCUT2D eigenvalue weighted by molar-refractivity contribution is 7.14. The summed E-state index contributed by atoms with van der Waals surface area (Å²) in [6.07, 6.45) is 0.573. The van der Waals surface area contributed by atoms with Crippen molar-refractivity contribution < 1.29 is 19.2 Å². The number of fused-ring (bicyclic) bond motifs is 1. The number of amides is 5. The molecule has 0 aliphatic carbocycles. The molecule has 1 atom stereocenters. The van der Waals surface area contributed by atoms with E-state index < -0.39 is 11.9 Å². The Morgan fingerprint density at radius 3 is 2.65 bits per heavy atom. The number of aryl methyl sites for hydroxylation is 1. The third-order valence-corrected chi connectivity index (χ3v) is 7.34. The molecule has 9 nitrogen and oxygen atoms in total. The second kappa shape index (κ2) is 9.84. The van der Waals surface area contributed by atoms with E-state index in [1.807, 2.05) is 25.1 Å². The van der Waals surface area contributed by atoms with Crippen LogP contribution in [0.2, 0.25) is 0 Å². The summed E-state index contributed by atoms with van der Waals surface area (Å²) in [4.78, 5) is 54.2. The van der Waals surface area contributed by atoms with Gasteiger partial charge in [-0.25, -0.2) is 4.79 Å². The van der Waals surface area contributed by atoms with Crippen molar-refractivity contribution in [3.63, 3.8) is 0 Å². The molecule has 10 heteroatoms. The van der Waals surface area contributed by atoms with Crippen molar-refractivity contribution in [2.24, 2.45) is 0 Å². The molecule has 5 amide bonds. The highest BCUT2D eigenvalue weighted by Crippen LogP contribution is 2.33. The number of rotatable bonds is 7. The van der Waals surface area contributed by atoms with Crippen molar-refractivity contribution >= 4 is 46.5 Å². The van der Waals surface area contributed by atoms with Crippen molar-refractivity contribution in [2.45, 2.75) is 52.7 Å². The van der Waals surface area contributed by atoms with E-state index in [1.54, 1.807) is 0 Å². The number of piperidine rings is 1. The molecule has 0 bridgehead atoms. The normalized spacial score (nSPS) is 17.4. The number of carbonyl (C=O) groups is 4. The van der Waals surface area contributed by atoms with Crippen molar-refractivity contribution in [3.05, 3.63) is 45.1 Å². The molecule has 34 heavy (non-hydrogen) atoms. The van der Waals surface area contributed by atoms with Gasteiger partial charge in [-0.3, -0.25) is 19.7 Å². The molecule has 3 N–H and O–H groups in total. The van der Waals surface area contributed by atoms with Crippen LogP contribution in [0.3, 0.4) is 0 Å². The SMILES string of the molecule is CCN(CC)c1cc(C)ccc1NC(=O)NCc1cc2c(s1)C(=O)N(C1CCC(=O)NC1=O)C2. The van der Waals surface area contributed by atoms with E-state index in [0.29, 0.717) is 24.4 Å². The highest BCUT2D eigenvalue weighted by Gasteiger charge is 2.40. The van der Waals surface area contributed by atoms with Crippen LogP contribution in [0, 0.1) is 6.92 Å². The molecule has 0 radical (unpaired) electrons. The Morgan fingerprint density at radius 2 is 1.97 bits per heavy atom. The maximum Gasteiger partial charge on any atom is 0.319 e. The van der Waals surface area contributed by atoms with Gasteiger partial charge < -0.3 is 20.4 Å². The van der Waals surface area contributed by atoms with Gasteiger partial charge in [-0.05, 0) is 56.5 Å². The molecule has 1 fully saturated rings. The molecule has 0 spiro atoms. The van der Waals surface area contributed by atoms with Gasteiger partial charge in [0.15, 0.2) is 0 Å². The Kier molecular flexibility index (Phi) is 6.87. The number of anilines is 2. The minimum absolute atomic E-state index is 0.200. The van der Waals surface area contributed by atoms with Crippen LogP contribution in [0.1, 0.15) is 52.4 Å². The zero-order valence-corrected chi connectivity index (χ0v) is 20.4. The molecular formula is C24H29N5O4S. The van der Waals surface area contributed by atoms with Crippen LogP contribution in [0.4, 0.5) is 16.2 Å². The maximum absolute atomic E-state index is 12.9. The van der Waals surface area contributed by atoms with Gasteiger partial charge in [0.1, 0.15) is 6.04 Å². The zero-order chi connectivity index (χ0) is 24.4. The Morgan fingerprint density at radius 1 is 1.21 bits per heavy atom. The number of benzene rings is 1.